The van der Waals surface area contributed by atoms with Crippen molar-refractivity contribution in [3.63, 3.8) is 0 Å². The predicted molar refractivity (Wildman–Crippen MR) is 73.1 cm³/mol. The van der Waals surface area contributed by atoms with Gasteiger partial charge in [-0.15, -0.1) is 0 Å². The monoisotopic (exact) mass is 327 g/mol. The highest BCUT2D eigenvalue weighted by atomic mass is 19.4. The zero-order chi connectivity index (χ0) is 16.9. The van der Waals surface area contributed by atoms with Gasteiger partial charge >= 0.3 is 12.2 Å². The van der Waals surface area contributed by atoms with Crippen LogP contribution in [0.3, 0.4) is 0 Å². The minimum atomic E-state index is -4.58. The maximum absolute atomic E-state index is 12.6. The summed E-state index contributed by atoms with van der Waals surface area (Å²) >= 11 is 0. The van der Waals surface area contributed by atoms with Crippen LogP contribution in [0.15, 0.2) is 36.5 Å². The van der Waals surface area contributed by atoms with E-state index in [9.17, 15) is 18.0 Å². The highest BCUT2D eigenvalue weighted by Crippen LogP contribution is 2.29. The van der Waals surface area contributed by atoms with E-state index in [1.54, 1.807) is 12.1 Å². The zero-order valence-corrected chi connectivity index (χ0v) is 11.9. The quantitative estimate of drug-likeness (QED) is 0.913. The van der Waals surface area contributed by atoms with E-state index in [1.807, 2.05) is 0 Å². The van der Waals surface area contributed by atoms with Gasteiger partial charge in [-0.3, -0.25) is 4.79 Å². The Morgan fingerprint density at radius 1 is 1.26 bits per heavy atom. The van der Waals surface area contributed by atoms with Crippen LogP contribution in [0.5, 0.6) is 17.5 Å². The van der Waals surface area contributed by atoms with Crippen LogP contribution in [0.2, 0.25) is 0 Å². The lowest BCUT2D eigenvalue weighted by Gasteiger charge is -2.09. The summed E-state index contributed by atoms with van der Waals surface area (Å²) in [4.78, 5) is 18.0. The number of benzene rings is 1. The van der Waals surface area contributed by atoms with Gasteiger partial charge < -0.3 is 14.8 Å². The lowest BCUT2D eigenvalue weighted by atomic mass is 10.3. The van der Waals surface area contributed by atoms with Crippen LogP contribution in [-0.4, -0.2) is 29.5 Å². The molecule has 0 spiro atoms. The summed E-state index contributed by atoms with van der Waals surface area (Å²) in [6, 6.07) is 6.34. The zero-order valence-electron chi connectivity index (χ0n) is 11.9. The van der Waals surface area contributed by atoms with Gasteiger partial charge in [0.25, 0.3) is 5.91 Å². The van der Waals surface area contributed by atoms with E-state index in [-0.39, 0.29) is 18.3 Å². The summed E-state index contributed by atoms with van der Waals surface area (Å²) < 4.78 is 48.1. The van der Waals surface area contributed by atoms with Crippen LogP contribution >= 0.6 is 0 Å². The maximum Gasteiger partial charge on any atom is 0.433 e. The van der Waals surface area contributed by atoms with Crippen LogP contribution in [0, 0.1) is 0 Å². The van der Waals surface area contributed by atoms with E-state index in [1.165, 1.54) is 19.2 Å². The topological polar surface area (TPSA) is 73.3 Å². The molecule has 0 atom stereocenters. The fraction of sp³-hybridized carbons (Fsp3) is 0.214. The minimum Gasteiger partial charge on any atom is -0.484 e. The first kappa shape index (κ1) is 16.5. The third kappa shape index (κ3) is 4.83. The molecule has 1 amide bonds. The third-order valence-corrected chi connectivity index (χ3v) is 2.59. The fourth-order valence-electron chi connectivity index (χ4n) is 1.50. The van der Waals surface area contributed by atoms with Crippen molar-refractivity contribution < 1.29 is 27.4 Å². The van der Waals surface area contributed by atoms with Crippen molar-refractivity contribution in [2.75, 3.05) is 13.7 Å². The fourth-order valence-corrected chi connectivity index (χ4v) is 1.50. The van der Waals surface area contributed by atoms with Gasteiger partial charge in [0.1, 0.15) is 11.5 Å². The Kier molecular flexibility index (Phi) is 4.99. The van der Waals surface area contributed by atoms with Gasteiger partial charge in [-0.2, -0.15) is 18.2 Å². The summed E-state index contributed by atoms with van der Waals surface area (Å²) in [5.74, 6) is 0.175. The van der Waals surface area contributed by atoms with Crippen LogP contribution < -0.4 is 14.8 Å². The number of hydrogen-bond acceptors (Lipinski definition) is 5. The maximum atomic E-state index is 12.6. The number of hydrogen-bond donors (Lipinski definition) is 1. The number of carbonyl (C=O) groups is 1. The van der Waals surface area contributed by atoms with E-state index >= 15 is 0 Å². The molecule has 1 N–H and O–H groups in total. The second-order valence-electron chi connectivity index (χ2n) is 4.26. The number of carbonyl (C=O) groups excluding carboxylic acids is 1. The molecule has 1 aromatic carbocycles. The Morgan fingerprint density at radius 3 is 2.70 bits per heavy atom. The Hall–Kier alpha value is -2.84. The van der Waals surface area contributed by atoms with Crippen LogP contribution in [-0.2, 0) is 11.0 Å². The third-order valence-electron chi connectivity index (χ3n) is 2.59. The molecule has 1 aromatic heterocycles. The van der Waals surface area contributed by atoms with Gasteiger partial charge in [0.2, 0.25) is 0 Å². The smallest absolute Gasteiger partial charge is 0.433 e. The molecule has 9 heteroatoms. The molecule has 0 aliphatic heterocycles. The molecule has 0 unspecified atom stereocenters. The van der Waals surface area contributed by atoms with Gasteiger partial charge in [0, 0.05) is 19.3 Å². The highest BCUT2D eigenvalue weighted by Gasteiger charge is 2.33. The average molecular weight is 327 g/mol. The Balaban J connectivity index is 2.10. The molecule has 0 aliphatic rings. The predicted octanol–water partition coefficient (Wildman–Crippen LogP) is 2.41. The van der Waals surface area contributed by atoms with E-state index in [0.717, 1.165) is 12.3 Å². The van der Waals surface area contributed by atoms with Crippen molar-refractivity contribution in [3.05, 3.63) is 42.2 Å². The molecule has 0 radical (unpaired) electrons. The van der Waals surface area contributed by atoms with Crippen molar-refractivity contribution >= 4 is 5.91 Å². The number of amides is 1. The normalized spacial score (nSPS) is 11.0. The van der Waals surface area contributed by atoms with Crippen LogP contribution in [0.1, 0.15) is 5.69 Å². The summed E-state index contributed by atoms with van der Waals surface area (Å²) in [5, 5.41) is 2.39. The minimum absolute atomic E-state index is 0.179. The van der Waals surface area contributed by atoms with Gasteiger partial charge in [0.15, 0.2) is 12.3 Å². The molecule has 0 aliphatic carbocycles. The largest absolute Gasteiger partial charge is 0.484 e. The number of alkyl halides is 3. The second-order valence-corrected chi connectivity index (χ2v) is 4.26. The lowest BCUT2D eigenvalue weighted by molar-refractivity contribution is -0.141. The summed E-state index contributed by atoms with van der Waals surface area (Å²) in [7, 11) is 1.47. The lowest BCUT2D eigenvalue weighted by Crippen LogP contribution is -2.24. The van der Waals surface area contributed by atoms with Gasteiger partial charge in [-0.1, -0.05) is 6.07 Å². The van der Waals surface area contributed by atoms with E-state index in [2.05, 4.69) is 15.3 Å². The number of nitrogens with one attached hydrogen (secondary N) is 1. The molecule has 1 heterocycles. The Morgan fingerprint density at radius 2 is 2.00 bits per heavy atom. The van der Waals surface area contributed by atoms with Gasteiger partial charge in [0.05, 0.1) is 0 Å². The van der Waals surface area contributed by atoms with Crippen LogP contribution in [0.4, 0.5) is 13.2 Å². The first-order valence-electron chi connectivity index (χ1n) is 6.40. The van der Waals surface area contributed by atoms with Crippen molar-refractivity contribution in [2.24, 2.45) is 0 Å². The number of likely N-dealkylation sites (N-methyl/N-ethyl adjacent to an activating group) is 1. The van der Waals surface area contributed by atoms with Gasteiger partial charge in [-0.25, -0.2) is 4.98 Å². The van der Waals surface area contributed by atoms with Crippen molar-refractivity contribution in [3.8, 4) is 17.5 Å². The number of halogens is 3. The first-order valence-corrected chi connectivity index (χ1v) is 6.40. The molecular weight excluding hydrogens is 315 g/mol. The Labute approximate surface area is 129 Å². The molecule has 0 fully saturated rings. The SMILES string of the molecule is CNC(=O)COc1cccc(Oc2nccc(C(F)(F)F)n2)c1. The summed E-state index contributed by atoms with van der Waals surface area (Å²) in [6.45, 7) is -0.194. The summed E-state index contributed by atoms with van der Waals surface area (Å²) in [5.41, 5.74) is -1.10. The molecule has 122 valence electrons. The number of nitrogens with zero attached hydrogens (tertiary/aromatic N) is 2. The molecule has 2 aromatic rings. The molecule has 0 bridgehead atoms. The summed E-state index contributed by atoms with van der Waals surface area (Å²) in [6.07, 6.45) is -3.63. The highest BCUT2D eigenvalue weighted by molar-refractivity contribution is 5.77. The Bertz CT molecular complexity index is 692. The first-order chi connectivity index (χ1) is 10.9. The number of ether oxygens (including phenoxy) is 2. The van der Waals surface area contributed by atoms with Gasteiger partial charge in [-0.05, 0) is 18.2 Å². The molecule has 2 rings (SSSR count). The van der Waals surface area contributed by atoms with Crippen LogP contribution in [0.25, 0.3) is 0 Å². The average Bonchev–Trinajstić information content (AvgIpc) is 2.52. The molecule has 6 nitrogen and oxygen atoms in total. The molecule has 23 heavy (non-hydrogen) atoms. The molecular formula is C14H12F3N3O3. The number of aromatic nitrogens is 2. The van der Waals surface area contributed by atoms with Crippen molar-refractivity contribution in [1.29, 1.82) is 0 Å². The molecule has 0 saturated heterocycles. The number of rotatable bonds is 5. The van der Waals surface area contributed by atoms with E-state index in [4.69, 9.17) is 9.47 Å². The second kappa shape index (κ2) is 6.95. The van der Waals surface area contributed by atoms with E-state index in [0.29, 0.717) is 5.75 Å². The van der Waals surface area contributed by atoms with E-state index < -0.39 is 17.9 Å². The van der Waals surface area contributed by atoms with Crippen molar-refractivity contribution in [1.82, 2.24) is 15.3 Å². The molecule has 0 saturated carbocycles. The van der Waals surface area contributed by atoms with Crippen molar-refractivity contribution in [2.45, 2.75) is 6.18 Å². The standard InChI is InChI=1S/C14H12F3N3O3/c1-18-12(21)8-22-9-3-2-4-10(7-9)23-13-19-6-5-11(20-13)14(15,16)17/h2-7H,8H2,1H3,(H,18,21).